The van der Waals surface area contributed by atoms with Crippen molar-refractivity contribution in [1.82, 2.24) is 20.5 Å². The molecule has 1 saturated heterocycles. The van der Waals surface area contributed by atoms with E-state index in [1.807, 2.05) is 18.2 Å². The highest BCUT2D eigenvalue weighted by Gasteiger charge is 2.27. The van der Waals surface area contributed by atoms with E-state index in [4.69, 9.17) is 5.11 Å². The van der Waals surface area contributed by atoms with Crippen LogP contribution in [0.15, 0.2) is 65.2 Å². The molecule has 3 N–H and O–H groups in total. The number of carbonyl (C=O) groups excluding carboxylic acids is 2. The number of aromatic nitrogens is 1. The van der Waals surface area contributed by atoms with E-state index in [9.17, 15) is 14.4 Å². The van der Waals surface area contributed by atoms with Gasteiger partial charge in [-0.15, -0.1) is 0 Å². The standard InChI is InChI=1S/C24H37N3O4.C5H5N/c1-4-17(2)21(8-7-20-6-5-11-25-18(20)3)14-19-10-13-27(16-19)23(29)15-22(28)26-12-9-24(30)31;1-2-4-6-5-3-1/h7-8,19,25H,4-6,9-16H2,1-3H3,(H,26,28)(H,30,31);1-5H/b8-7-,21-17-;. The first-order chi connectivity index (χ1) is 17.8. The van der Waals surface area contributed by atoms with Gasteiger partial charge in [0.1, 0.15) is 6.42 Å². The molecule has 2 aliphatic rings. The Kier molecular flexibility index (Phi) is 13.2. The largest absolute Gasteiger partial charge is 0.481 e. The molecule has 0 spiro atoms. The van der Waals surface area contributed by atoms with Crippen molar-refractivity contribution in [2.75, 3.05) is 26.2 Å². The topological polar surface area (TPSA) is 112 Å². The summed E-state index contributed by atoms with van der Waals surface area (Å²) >= 11 is 0. The first kappa shape index (κ1) is 29.8. The molecule has 1 fully saturated rings. The van der Waals surface area contributed by atoms with Crippen molar-refractivity contribution in [2.45, 2.75) is 65.7 Å². The van der Waals surface area contributed by atoms with E-state index in [1.54, 1.807) is 17.3 Å². The van der Waals surface area contributed by atoms with Crippen LogP contribution in [0.5, 0.6) is 0 Å². The van der Waals surface area contributed by atoms with Crippen molar-refractivity contribution in [3.8, 4) is 0 Å². The molecule has 0 saturated carbocycles. The average molecular weight is 511 g/mol. The minimum absolute atomic E-state index is 0.0479. The SMILES string of the molecule is CC/C(C)=C(/C=C\C1=C(C)NCCC1)CC1CCN(C(=O)CC(=O)NCCC(=O)O)C1.c1ccncc1. The number of carbonyl (C=O) groups is 3. The number of pyridine rings is 1. The number of hydrogen-bond donors (Lipinski definition) is 3. The number of aliphatic carboxylic acids is 1. The molecule has 3 rings (SSSR count). The van der Waals surface area contributed by atoms with Gasteiger partial charge in [-0.1, -0.05) is 30.7 Å². The predicted octanol–water partition coefficient (Wildman–Crippen LogP) is 4.23. The average Bonchev–Trinajstić information content (AvgIpc) is 3.37. The maximum absolute atomic E-state index is 12.5. The normalized spacial score (nSPS) is 18.0. The van der Waals surface area contributed by atoms with Gasteiger partial charge in [0, 0.05) is 44.3 Å². The number of nitrogens with one attached hydrogen (secondary N) is 2. The monoisotopic (exact) mass is 510 g/mol. The molecule has 1 aromatic heterocycles. The van der Waals surface area contributed by atoms with Gasteiger partial charge in [-0.3, -0.25) is 19.4 Å². The number of amides is 2. The Labute approximate surface area is 220 Å². The molecule has 0 aliphatic carbocycles. The second kappa shape index (κ2) is 16.3. The Morgan fingerprint density at radius 3 is 2.59 bits per heavy atom. The van der Waals surface area contributed by atoms with Gasteiger partial charge in [0.25, 0.3) is 0 Å². The number of allylic oxidation sites excluding steroid dienone is 6. The van der Waals surface area contributed by atoms with E-state index in [0.29, 0.717) is 19.0 Å². The molecule has 1 unspecified atom stereocenters. The lowest BCUT2D eigenvalue weighted by Gasteiger charge is -2.19. The Balaban J connectivity index is 0.000000700. The van der Waals surface area contributed by atoms with Gasteiger partial charge in [-0.2, -0.15) is 0 Å². The number of carboxylic acids is 1. The third-order valence-electron chi connectivity index (χ3n) is 6.75. The third kappa shape index (κ3) is 11.5. The predicted molar refractivity (Wildman–Crippen MR) is 145 cm³/mol. The molecule has 202 valence electrons. The van der Waals surface area contributed by atoms with Crippen molar-refractivity contribution >= 4 is 17.8 Å². The van der Waals surface area contributed by atoms with Gasteiger partial charge in [-0.05, 0) is 75.1 Å². The number of rotatable bonds is 10. The van der Waals surface area contributed by atoms with Crippen LogP contribution in [0.2, 0.25) is 0 Å². The second-order valence-electron chi connectivity index (χ2n) is 9.57. The number of hydrogen-bond acceptors (Lipinski definition) is 5. The quantitative estimate of drug-likeness (QED) is 0.321. The van der Waals surface area contributed by atoms with Gasteiger partial charge in [-0.25, -0.2) is 0 Å². The summed E-state index contributed by atoms with van der Waals surface area (Å²) in [6, 6.07) is 5.72. The zero-order chi connectivity index (χ0) is 27.0. The van der Waals surface area contributed by atoms with Gasteiger partial charge in [0.15, 0.2) is 0 Å². The summed E-state index contributed by atoms with van der Waals surface area (Å²) in [4.78, 5) is 40.4. The number of likely N-dealkylation sites (tertiary alicyclic amines) is 1. The van der Waals surface area contributed by atoms with Gasteiger partial charge in [0.05, 0.1) is 6.42 Å². The van der Waals surface area contributed by atoms with Crippen molar-refractivity contribution < 1.29 is 19.5 Å². The van der Waals surface area contributed by atoms with Crippen LogP contribution in [0.3, 0.4) is 0 Å². The molecular weight excluding hydrogens is 468 g/mol. The highest BCUT2D eigenvalue weighted by Crippen LogP contribution is 2.28. The fourth-order valence-electron chi connectivity index (χ4n) is 4.35. The van der Waals surface area contributed by atoms with Crippen LogP contribution in [0.4, 0.5) is 0 Å². The molecule has 8 nitrogen and oxygen atoms in total. The highest BCUT2D eigenvalue weighted by atomic mass is 16.4. The van der Waals surface area contributed by atoms with Crippen LogP contribution in [-0.2, 0) is 14.4 Å². The van der Waals surface area contributed by atoms with Crippen LogP contribution in [0.1, 0.15) is 65.7 Å². The third-order valence-corrected chi connectivity index (χ3v) is 6.75. The molecule has 3 heterocycles. The molecule has 2 amide bonds. The number of carboxylic acid groups (broad SMARTS) is 1. The van der Waals surface area contributed by atoms with E-state index in [1.165, 1.54) is 22.4 Å². The minimum Gasteiger partial charge on any atom is -0.481 e. The lowest BCUT2D eigenvalue weighted by atomic mass is 9.93. The fourth-order valence-corrected chi connectivity index (χ4v) is 4.35. The second-order valence-corrected chi connectivity index (χ2v) is 9.57. The summed E-state index contributed by atoms with van der Waals surface area (Å²) in [6.07, 6.45) is 12.8. The van der Waals surface area contributed by atoms with Crippen molar-refractivity contribution in [3.63, 3.8) is 0 Å². The van der Waals surface area contributed by atoms with Gasteiger partial charge < -0.3 is 20.6 Å². The maximum Gasteiger partial charge on any atom is 0.305 e. The molecule has 2 aliphatic heterocycles. The van der Waals surface area contributed by atoms with Crippen LogP contribution in [0, 0.1) is 5.92 Å². The molecule has 37 heavy (non-hydrogen) atoms. The first-order valence-corrected chi connectivity index (χ1v) is 13.2. The smallest absolute Gasteiger partial charge is 0.305 e. The summed E-state index contributed by atoms with van der Waals surface area (Å²) in [6.45, 7) is 8.91. The number of nitrogens with zero attached hydrogens (tertiary/aromatic N) is 2. The molecule has 8 heteroatoms. The van der Waals surface area contributed by atoms with Crippen LogP contribution in [-0.4, -0.2) is 59.0 Å². The molecular formula is C29H42N4O4. The van der Waals surface area contributed by atoms with Crippen LogP contribution in [0.25, 0.3) is 0 Å². The molecule has 1 aromatic rings. The Bertz CT molecular complexity index is 958. The molecule has 0 bridgehead atoms. The molecule has 1 atom stereocenters. The van der Waals surface area contributed by atoms with E-state index >= 15 is 0 Å². The zero-order valence-corrected chi connectivity index (χ0v) is 22.5. The van der Waals surface area contributed by atoms with E-state index in [0.717, 1.165) is 38.6 Å². The van der Waals surface area contributed by atoms with E-state index in [2.05, 4.69) is 48.5 Å². The molecule has 0 aromatic carbocycles. The molecule has 0 radical (unpaired) electrons. The Hall–Kier alpha value is -3.42. The summed E-state index contributed by atoms with van der Waals surface area (Å²) in [5.74, 6) is -1.18. The maximum atomic E-state index is 12.5. The van der Waals surface area contributed by atoms with Crippen molar-refractivity contribution in [2.24, 2.45) is 5.92 Å². The summed E-state index contributed by atoms with van der Waals surface area (Å²) in [7, 11) is 0. The Morgan fingerprint density at radius 1 is 1.24 bits per heavy atom. The highest BCUT2D eigenvalue weighted by molar-refractivity contribution is 5.97. The lowest BCUT2D eigenvalue weighted by Crippen LogP contribution is -2.35. The zero-order valence-electron chi connectivity index (χ0n) is 22.5. The van der Waals surface area contributed by atoms with Crippen LogP contribution >= 0.6 is 0 Å². The lowest BCUT2D eigenvalue weighted by molar-refractivity contribution is -0.136. The Morgan fingerprint density at radius 2 is 2.00 bits per heavy atom. The summed E-state index contributed by atoms with van der Waals surface area (Å²) < 4.78 is 0. The minimum atomic E-state index is -0.972. The van der Waals surface area contributed by atoms with Crippen molar-refractivity contribution in [1.29, 1.82) is 0 Å². The summed E-state index contributed by atoms with van der Waals surface area (Å²) in [5.41, 5.74) is 5.35. The summed E-state index contributed by atoms with van der Waals surface area (Å²) in [5, 5.41) is 14.5. The van der Waals surface area contributed by atoms with Gasteiger partial charge in [0.2, 0.25) is 11.8 Å². The van der Waals surface area contributed by atoms with Crippen molar-refractivity contribution in [3.05, 3.63) is 65.2 Å². The first-order valence-electron chi connectivity index (χ1n) is 13.2. The fraction of sp³-hybridized carbons (Fsp3) is 0.517. The van der Waals surface area contributed by atoms with E-state index < -0.39 is 11.9 Å². The van der Waals surface area contributed by atoms with E-state index in [-0.39, 0.29) is 25.3 Å². The van der Waals surface area contributed by atoms with Gasteiger partial charge >= 0.3 is 5.97 Å². The van der Waals surface area contributed by atoms with Crippen LogP contribution < -0.4 is 10.6 Å².